The number of halogens is 1. The number of alkyl halides is 1. The van der Waals surface area contributed by atoms with Gasteiger partial charge in [0, 0.05) is 50.7 Å². The molecule has 0 aliphatic carbocycles. The second-order valence-electron chi connectivity index (χ2n) is 8.28. The Hall–Kier alpha value is -4.00. The van der Waals surface area contributed by atoms with Gasteiger partial charge in [-0.1, -0.05) is 52.0 Å². The molecule has 4 aromatic rings. The van der Waals surface area contributed by atoms with Gasteiger partial charge < -0.3 is 9.73 Å². The van der Waals surface area contributed by atoms with E-state index in [-0.39, 0.29) is 23.0 Å². The number of amides is 2. The lowest BCUT2D eigenvalue weighted by Crippen LogP contribution is -2.12. The number of pyridine rings is 1. The highest BCUT2D eigenvalue weighted by Gasteiger charge is 2.16. The van der Waals surface area contributed by atoms with Crippen LogP contribution in [-0.4, -0.2) is 32.1 Å². The summed E-state index contributed by atoms with van der Waals surface area (Å²) in [4.78, 5) is 30.1. The average Bonchev–Trinajstić information content (AvgIpc) is 3.37. The number of nitrogens with one attached hydrogen (secondary N) is 1. The van der Waals surface area contributed by atoms with E-state index in [1.54, 1.807) is 67.6 Å². The maximum Gasteiger partial charge on any atom is 0.291 e. The van der Waals surface area contributed by atoms with Crippen molar-refractivity contribution in [3.8, 4) is 11.8 Å². The van der Waals surface area contributed by atoms with Crippen LogP contribution < -0.4 is 5.32 Å². The predicted molar refractivity (Wildman–Crippen MR) is 151 cm³/mol. The molecular weight excluding hydrogens is 566 g/mol. The number of aryl methyl sites for hydroxylation is 1. The molecule has 7 nitrogen and oxygen atoms in total. The molecule has 0 fully saturated rings. The van der Waals surface area contributed by atoms with Gasteiger partial charge in [0.25, 0.3) is 11.8 Å². The van der Waals surface area contributed by atoms with Crippen LogP contribution in [0.4, 0.5) is 5.69 Å². The summed E-state index contributed by atoms with van der Waals surface area (Å²) in [5.41, 5.74) is 2.67. The minimum absolute atomic E-state index is 0.203. The van der Waals surface area contributed by atoms with Crippen molar-refractivity contribution in [2.75, 3.05) is 16.4 Å². The molecule has 0 aliphatic heterocycles. The van der Waals surface area contributed by atoms with Crippen LogP contribution in [0.5, 0.6) is 0 Å². The van der Waals surface area contributed by atoms with Gasteiger partial charge in [-0.3, -0.25) is 14.6 Å². The molecule has 0 bridgehead atoms. The first-order valence-electron chi connectivity index (χ1n) is 11.7. The number of nitrogens with zero attached hydrogens (tertiary/aromatic N) is 2. The highest BCUT2D eigenvalue weighted by atomic mass is 79.9. The molecule has 0 aliphatic rings. The summed E-state index contributed by atoms with van der Waals surface area (Å²) < 4.78 is 23.0. The number of hydrogen-bond acceptors (Lipinski definition) is 5. The van der Waals surface area contributed by atoms with Crippen LogP contribution >= 0.6 is 15.9 Å². The Morgan fingerprint density at radius 2 is 1.82 bits per heavy atom. The van der Waals surface area contributed by atoms with E-state index in [2.05, 4.69) is 42.4 Å². The number of aromatic nitrogens is 1. The molecule has 2 aromatic carbocycles. The van der Waals surface area contributed by atoms with Gasteiger partial charge in [0.05, 0.1) is 21.6 Å². The fraction of sp³-hybridized carbons (Fsp3) is 0.138. The van der Waals surface area contributed by atoms with Gasteiger partial charge in [-0.05, 0) is 55.8 Å². The third-order valence-corrected chi connectivity index (χ3v) is 8.29. The van der Waals surface area contributed by atoms with Crippen molar-refractivity contribution >= 4 is 43.2 Å². The van der Waals surface area contributed by atoms with Gasteiger partial charge in [-0.2, -0.15) is 4.36 Å². The van der Waals surface area contributed by atoms with Gasteiger partial charge in [0.2, 0.25) is 0 Å². The van der Waals surface area contributed by atoms with Crippen molar-refractivity contribution < 1.29 is 18.2 Å². The minimum atomic E-state index is -2.94. The molecule has 0 radical (unpaired) electrons. The zero-order chi connectivity index (χ0) is 27.0. The maximum atomic E-state index is 13.6. The Balaban J connectivity index is 1.55. The van der Waals surface area contributed by atoms with Crippen LogP contribution in [0.3, 0.4) is 0 Å². The third-order valence-electron chi connectivity index (χ3n) is 5.42. The molecule has 192 valence electrons. The van der Waals surface area contributed by atoms with Crippen molar-refractivity contribution in [2.45, 2.75) is 18.2 Å². The number of furan rings is 1. The number of benzene rings is 2. The van der Waals surface area contributed by atoms with Crippen LogP contribution in [0, 0.1) is 18.8 Å². The number of carbonyl (C=O) groups is 2. The smallest absolute Gasteiger partial charge is 0.291 e. The molecular formula is C29H24BrN3O4S. The second-order valence-corrected chi connectivity index (χ2v) is 11.4. The summed E-state index contributed by atoms with van der Waals surface area (Å²) in [6.45, 7) is 1.80. The zero-order valence-electron chi connectivity index (χ0n) is 20.5. The lowest BCUT2D eigenvalue weighted by molar-refractivity contribution is 0.0991. The van der Waals surface area contributed by atoms with E-state index < -0.39 is 15.6 Å². The van der Waals surface area contributed by atoms with Gasteiger partial charge in [-0.25, -0.2) is 4.21 Å². The summed E-state index contributed by atoms with van der Waals surface area (Å²) >= 11 is 3.36. The first kappa shape index (κ1) is 27.0. The van der Waals surface area contributed by atoms with Crippen LogP contribution in [0.15, 0.2) is 99.1 Å². The largest absolute Gasteiger partial charge is 0.459 e. The minimum Gasteiger partial charge on any atom is -0.459 e. The van der Waals surface area contributed by atoms with E-state index in [9.17, 15) is 13.8 Å². The Labute approximate surface area is 230 Å². The second kappa shape index (κ2) is 12.5. The van der Waals surface area contributed by atoms with Crippen LogP contribution in [0.2, 0.25) is 0 Å². The quantitative estimate of drug-likeness (QED) is 0.208. The van der Waals surface area contributed by atoms with Gasteiger partial charge >= 0.3 is 0 Å². The molecule has 2 heterocycles. The van der Waals surface area contributed by atoms with E-state index in [0.717, 1.165) is 5.56 Å². The highest BCUT2D eigenvalue weighted by molar-refractivity contribution is 9.09. The first-order valence-corrected chi connectivity index (χ1v) is 14.5. The molecule has 9 heteroatoms. The maximum absolute atomic E-state index is 13.6. The van der Waals surface area contributed by atoms with Crippen LogP contribution in [0.1, 0.15) is 44.0 Å². The Morgan fingerprint density at radius 1 is 1.03 bits per heavy atom. The molecule has 1 atom stereocenters. The van der Waals surface area contributed by atoms with E-state index in [1.165, 1.54) is 18.7 Å². The molecule has 4 rings (SSSR count). The molecule has 1 N–H and O–H groups in total. The molecule has 2 aromatic heterocycles. The Bertz CT molecular complexity index is 1640. The van der Waals surface area contributed by atoms with Gasteiger partial charge in [0.1, 0.15) is 0 Å². The summed E-state index contributed by atoms with van der Waals surface area (Å²) in [5, 5.41) is 3.45. The summed E-state index contributed by atoms with van der Waals surface area (Å²) in [7, 11) is -2.94. The van der Waals surface area contributed by atoms with Crippen molar-refractivity contribution in [3.05, 3.63) is 113 Å². The standard InChI is InChI=1S/C29H24BrN3O4S/c1-21-13-15-37-27(21)29(35)32-25-8-5-7-22(18-25)11-12-23-17-24(20-31-19-23)28(34)33-38(36,16-6-14-30)26-9-3-2-4-10-26/h2-5,7-10,13,15,17-20H,6,14,16H2,1H3,(H,32,35). The lowest BCUT2D eigenvalue weighted by Gasteiger charge is -2.09. The van der Waals surface area contributed by atoms with Crippen LogP contribution in [-0.2, 0) is 9.73 Å². The van der Waals surface area contributed by atoms with Gasteiger partial charge in [0.15, 0.2) is 5.76 Å². The molecule has 38 heavy (non-hydrogen) atoms. The lowest BCUT2D eigenvalue weighted by atomic mass is 10.1. The number of carbonyl (C=O) groups excluding carboxylic acids is 2. The van der Waals surface area contributed by atoms with E-state index in [0.29, 0.717) is 33.5 Å². The predicted octanol–water partition coefficient (Wildman–Crippen LogP) is 6.09. The SMILES string of the molecule is Cc1ccoc1C(=O)Nc1cccc(C#Cc2cncc(C(=O)N=S(=O)(CCCBr)c3ccccc3)c2)c1. The zero-order valence-corrected chi connectivity index (χ0v) is 22.9. The first-order chi connectivity index (χ1) is 18.4. The average molecular weight is 590 g/mol. The molecule has 0 saturated carbocycles. The van der Waals surface area contributed by atoms with E-state index in [1.807, 2.05) is 6.07 Å². The Morgan fingerprint density at radius 3 is 2.55 bits per heavy atom. The fourth-order valence-electron chi connectivity index (χ4n) is 3.52. The van der Waals surface area contributed by atoms with Crippen molar-refractivity contribution in [1.29, 1.82) is 0 Å². The Kier molecular flexibility index (Phi) is 8.89. The third kappa shape index (κ3) is 6.85. The summed E-state index contributed by atoms with van der Waals surface area (Å²) in [5.74, 6) is 5.56. The monoisotopic (exact) mass is 589 g/mol. The number of rotatable bonds is 7. The normalized spacial score (nSPS) is 12.1. The topological polar surface area (TPSA) is 102 Å². The number of anilines is 1. The van der Waals surface area contributed by atoms with Crippen molar-refractivity contribution in [2.24, 2.45) is 4.36 Å². The summed E-state index contributed by atoms with van der Waals surface area (Å²) in [6.07, 6.45) is 5.00. The van der Waals surface area contributed by atoms with Gasteiger partial charge in [-0.15, -0.1) is 0 Å². The molecule has 0 saturated heterocycles. The number of hydrogen-bond donors (Lipinski definition) is 1. The summed E-state index contributed by atoms with van der Waals surface area (Å²) in [6, 6.07) is 19.2. The van der Waals surface area contributed by atoms with E-state index >= 15 is 0 Å². The molecule has 2 amide bonds. The highest BCUT2D eigenvalue weighted by Crippen LogP contribution is 2.18. The molecule has 1 unspecified atom stereocenters. The molecule has 0 spiro atoms. The van der Waals surface area contributed by atoms with E-state index in [4.69, 9.17) is 4.42 Å². The van der Waals surface area contributed by atoms with Crippen LogP contribution in [0.25, 0.3) is 0 Å². The fourth-order valence-corrected chi connectivity index (χ4v) is 6.10. The van der Waals surface area contributed by atoms with Crippen molar-refractivity contribution in [3.63, 3.8) is 0 Å². The van der Waals surface area contributed by atoms with Crippen molar-refractivity contribution in [1.82, 2.24) is 4.98 Å².